The van der Waals surface area contributed by atoms with Crippen molar-refractivity contribution in [2.45, 2.75) is 51.2 Å². The van der Waals surface area contributed by atoms with E-state index in [1.807, 2.05) is 25.4 Å². The van der Waals surface area contributed by atoms with Crippen LogP contribution in [0.2, 0.25) is 0 Å². The highest BCUT2D eigenvalue weighted by molar-refractivity contribution is 7.98. The number of carbonyl (C=O) groups is 5. The average molecular weight is 435 g/mol. The molecule has 0 aromatic heterocycles. The standard InChI is InChI=1S/C17H30N4O7S/c1-9(2)6-10(18)15(26)20-11(4-5-29-3)17(28)21-12(7-13(22)23)16(27)19-8-14(24)25/h9-12H,4-8,18H2,1-3H3,(H,19,27)(H,20,26)(H,21,28)(H,22,23)(H,24,25). The normalized spacial score (nSPS) is 13.8. The maximum absolute atomic E-state index is 12.6. The maximum atomic E-state index is 12.6. The van der Waals surface area contributed by atoms with Crippen LogP contribution >= 0.6 is 11.8 Å². The summed E-state index contributed by atoms with van der Waals surface area (Å²) in [6.07, 6.45) is 1.73. The lowest BCUT2D eigenvalue weighted by Gasteiger charge is -2.23. The van der Waals surface area contributed by atoms with Gasteiger partial charge in [0.05, 0.1) is 12.5 Å². The summed E-state index contributed by atoms with van der Waals surface area (Å²) in [6.45, 7) is 3.08. The quantitative estimate of drug-likeness (QED) is 0.194. The van der Waals surface area contributed by atoms with Crippen LogP contribution in [-0.4, -0.2) is 76.6 Å². The third-order valence-corrected chi connectivity index (χ3v) is 4.38. The third kappa shape index (κ3) is 12.0. The van der Waals surface area contributed by atoms with Crippen molar-refractivity contribution in [3.63, 3.8) is 0 Å². The van der Waals surface area contributed by atoms with E-state index < -0.39 is 60.8 Å². The second-order valence-electron chi connectivity index (χ2n) is 6.85. The van der Waals surface area contributed by atoms with E-state index in [1.54, 1.807) is 0 Å². The Morgan fingerprint density at radius 3 is 2.00 bits per heavy atom. The van der Waals surface area contributed by atoms with Gasteiger partial charge in [-0.3, -0.25) is 24.0 Å². The van der Waals surface area contributed by atoms with Crippen LogP contribution in [0.25, 0.3) is 0 Å². The minimum Gasteiger partial charge on any atom is -0.481 e. The Balaban J connectivity index is 5.20. The molecule has 3 unspecified atom stereocenters. The number of nitrogens with two attached hydrogens (primary N) is 1. The summed E-state index contributed by atoms with van der Waals surface area (Å²) in [6, 6.07) is -3.32. The van der Waals surface area contributed by atoms with Crippen LogP contribution in [0.1, 0.15) is 33.1 Å². The van der Waals surface area contributed by atoms with Crippen LogP contribution in [0, 0.1) is 5.92 Å². The number of rotatable bonds is 14. The molecule has 0 aromatic rings. The number of amides is 3. The second-order valence-corrected chi connectivity index (χ2v) is 7.83. The highest BCUT2D eigenvalue weighted by Gasteiger charge is 2.29. The van der Waals surface area contributed by atoms with Gasteiger partial charge in [-0.25, -0.2) is 0 Å². The molecule has 0 aliphatic rings. The molecule has 0 radical (unpaired) electrons. The number of hydrogen-bond acceptors (Lipinski definition) is 7. The molecule has 0 bridgehead atoms. The van der Waals surface area contributed by atoms with Gasteiger partial charge in [0.15, 0.2) is 0 Å². The lowest BCUT2D eigenvalue weighted by atomic mass is 10.0. The lowest BCUT2D eigenvalue weighted by Crippen LogP contribution is -2.56. The Labute approximate surface area is 173 Å². The monoisotopic (exact) mass is 434 g/mol. The van der Waals surface area contributed by atoms with Crippen LogP contribution in [0.15, 0.2) is 0 Å². The molecule has 0 saturated carbocycles. The van der Waals surface area contributed by atoms with Crippen LogP contribution < -0.4 is 21.7 Å². The fraction of sp³-hybridized carbons (Fsp3) is 0.706. The van der Waals surface area contributed by atoms with Gasteiger partial charge in [-0.2, -0.15) is 11.8 Å². The van der Waals surface area contributed by atoms with Gasteiger partial charge in [0.2, 0.25) is 17.7 Å². The first kappa shape index (κ1) is 26.7. The molecule has 3 atom stereocenters. The van der Waals surface area contributed by atoms with Crippen molar-refractivity contribution in [1.29, 1.82) is 0 Å². The van der Waals surface area contributed by atoms with Gasteiger partial charge in [0.25, 0.3) is 0 Å². The molecule has 0 fully saturated rings. The number of carbonyl (C=O) groups excluding carboxylic acids is 3. The largest absolute Gasteiger partial charge is 0.481 e. The van der Waals surface area contributed by atoms with Gasteiger partial charge in [-0.1, -0.05) is 13.8 Å². The minimum atomic E-state index is -1.49. The van der Waals surface area contributed by atoms with Crippen molar-refractivity contribution in [3.05, 3.63) is 0 Å². The summed E-state index contributed by atoms with van der Waals surface area (Å²) in [5, 5.41) is 24.4. The van der Waals surface area contributed by atoms with Crippen LogP contribution in [-0.2, 0) is 24.0 Å². The molecule has 166 valence electrons. The predicted octanol–water partition coefficient (Wildman–Crippen LogP) is -1.24. The number of nitrogens with one attached hydrogen (secondary N) is 3. The Morgan fingerprint density at radius 2 is 1.52 bits per heavy atom. The van der Waals surface area contributed by atoms with E-state index in [-0.39, 0.29) is 12.3 Å². The van der Waals surface area contributed by atoms with Crippen molar-refractivity contribution in [3.8, 4) is 0 Å². The van der Waals surface area contributed by atoms with Crippen LogP contribution in [0.5, 0.6) is 0 Å². The zero-order valence-electron chi connectivity index (χ0n) is 16.8. The number of carboxylic acids is 2. The molecule has 0 spiro atoms. The number of hydrogen-bond donors (Lipinski definition) is 6. The number of aliphatic carboxylic acids is 2. The molecule has 7 N–H and O–H groups in total. The summed E-state index contributed by atoms with van der Waals surface area (Å²) in [4.78, 5) is 58.5. The molecule has 29 heavy (non-hydrogen) atoms. The molecule has 0 aromatic carbocycles. The lowest BCUT2D eigenvalue weighted by molar-refractivity contribution is -0.141. The maximum Gasteiger partial charge on any atom is 0.322 e. The summed E-state index contributed by atoms with van der Waals surface area (Å²) >= 11 is 1.44. The van der Waals surface area contributed by atoms with E-state index in [1.165, 1.54) is 11.8 Å². The fourth-order valence-corrected chi connectivity index (χ4v) is 2.81. The molecule has 0 heterocycles. The van der Waals surface area contributed by atoms with E-state index in [2.05, 4.69) is 10.6 Å². The van der Waals surface area contributed by atoms with Crippen molar-refractivity contribution in [1.82, 2.24) is 16.0 Å². The first-order chi connectivity index (χ1) is 13.5. The highest BCUT2D eigenvalue weighted by Crippen LogP contribution is 2.06. The molecule has 12 heteroatoms. The molecule has 3 amide bonds. The SMILES string of the molecule is CSCCC(NC(=O)C(N)CC(C)C)C(=O)NC(CC(=O)O)C(=O)NCC(=O)O. The van der Waals surface area contributed by atoms with Gasteiger partial charge in [0.1, 0.15) is 18.6 Å². The molecular formula is C17H30N4O7S. The van der Waals surface area contributed by atoms with Crippen molar-refractivity contribution in [2.24, 2.45) is 11.7 Å². The zero-order chi connectivity index (χ0) is 22.6. The number of carboxylic acid groups (broad SMARTS) is 2. The Morgan fingerprint density at radius 1 is 0.931 bits per heavy atom. The van der Waals surface area contributed by atoms with E-state index in [4.69, 9.17) is 15.9 Å². The van der Waals surface area contributed by atoms with Crippen molar-refractivity contribution < 1.29 is 34.2 Å². The van der Waals surface area contributed by atoms with Gasteiger partial charge in [-0.05, 0) is 30.8 Å². The molecule has 0 aliphatic carbocycles. The Kier molecular flexibility index (Phi) is 12.7. The Hall–Kier alpha value is -2.34. The van der Waals surface area contributed by atoms with Gasteiger partial charge in [0, 0.05) is 0 Å². The Bertz CT molecular complexity index is 600. The van der Waals surface area contributed by atoms with Crippen molar-refractivity contribution >= 4 is 41.4 Å². The third-order valence-electron chi connectivity index (χ3n) is 3.73. The fourth-order valence-electron chi connectivity index (χ4n) is 2.34. The predicted molar refractivity (Wildman–Crippen MR) is 107 cm³/mol. The first-order valence-electron chi connectivity index (χ1n) is 9.04. The topological polar surface area (TPSA) is 188 Å². The zero-order valence-corrected chi connectivity index (χ0v) is 17.6. The summed E-state index contributed by atoms with van der Waals surface area (Å²) in [5.41, 5.74) is 5.83. The van der Waals surface area contributed by atoms with Crippen molar-refractivity contribution in [2.75, 3.05) is 18.6 Å². The van der Waals surface area contributed by atoms with E-state index in [0.29, 0.717) is 12.2 Å². The number of thioether (sulfide) groups is 1. The molecule has 0 rings (SSSR count). The highest BCUT2D eigenvalue weighted by atomic mass is 32.2. The van der Waals surface area contributed by atoms with E-state index >= 15 is 0 Å². The smallest absolute Gasteiger partial charge is 0.322 e. The first-order valence-corrected chi connectivity index (χ1v) is 10.4. The van der Waals surface area contributed by atoms with Gasteiger partial charge >= 0.3 is 11.9 Å². The molecular weight excluding hydrogens is 404 g/mol. The summed E-state index contributed by atoms with van der Waals surface area (Å²) in [7, 11) is 0. The minimum absolute atomic E-state index is 0.173. The van der Waals surface area contributed by atoms with Gasteiger partial charge in [-0.15, -0.1) is 0 Å². The van der Waals surface area contributed by atoms with Crippen LogP contribution in [0.4, 0.5) is 0 Å². The average Bonchev–Trinajstić information content (AvgIpc) is 2.61. The molecule has 11 nitrogen and oxygen atoms in total. The summed E-state index contributed by atoms with van der Waals surface area (Å²) < 4.78 is 0. The van der Waals surface area contributed by atoms with E-state index in [0.717, 1.165) is 0 Å². The van der Waals surface area contributed by atoms with Gasteiger partial charge < -0.3 is 31.9 Å². The second kappa shape index (κ2) is 13.8. The molecule has 0 saturated heterocycles. The summed E-state index contributed by atoms with van der Waals surface area (Å²) in [5.74, 6) is -4.20. The molecule has 0 aliphatic heterocycles. The van der Waals surface area contributed by atoms with E-state index in [9.17, 15) is 24.0 Å². The van der Waals surface area contributed by atoms with Crippen LogP contribution in [0.3, 0.4) is 0 Å².